The van der Waals surface area contributed by atoms with Crippen molar-refractivity contribution in [3.05, 3.63) is 29.6 Å². The summed E-state index contributed by atoms with van der Waals surface area (Å²) in [5.74, 6) is 2.74. The van der Waals surface area contributed by atoms with Crippen molar-refractivity contribution in [1.82, 2.24) is 15.2 Å². The van der Waals surface area contributed by atoms with Gasteiger partial charge in [-0.05, 0) is 55.2 Å². The quantitative estimate of drug-likeness (QED) is 0.669. The number of hydrogen-bond donors (Lipinski definition) is 1. The molecule has 1 aromatic rings. The molecule has 0 aromatic carbocycles. The normalized spacial score (nSPS) is 22.0. The van der Waals surface area contributed by atoms with Gasteiger partial charge in [0.05, 0.1) is 0 Å². The average Bonchev–Trinajstić information content (AvgIpc) is 2.55. The Morgan fingerprint density at radius 1 is 1.35 bits per heavy atom. The molecule has 4 nitrogen and oxygen atoms in total. The van der Waals surface area contributed by atoms with Gasteiger partial charge < -0.3 is 10.2 Å². The minimum Gasteiger partial charge on any atom is -0.356 e. The standard InChI is InChI=1S/C19H32N4/c1-15-5-7-17(8-6-15)14-23(4)19(20-3)22-12-10-18-9-11-21-13-16(18)2/h9,11,13,15,17H,5-8,10,12,14H2,1-4H3,(H,20,22). The van der Waals surface area contributed by atoms with Crippen molar-refractivity contribution in [3.63, 3.8) is 0 Å². The number of pyridine rings is 1. The lowest BCUT2D eigenvalue weighted by Crippen LogP contribution is -2.42. The van der Waals surface area contributed by atoms with E-state index in [1.54, 1.807) is 0 Å². The molecule has 1 aliphatic rings. The molecule has 2 rings (SSSR count). The largest absolute Gasteiger partial charge is 0.356 e. The van der Waals surface area contributed by atoms with Crippen molar-refractivity contribution in [2.24, 2.45) is 16.8 Å². The minimum absolute atomic E-state index is 0.817. The van der Waals surface area contributed by atoms with Gasteiger partial charge in [-0.1, -0.05) is 19.8 Å². The Kier molecular flexibility index (Phi) is 6.87. The van der Waals surface area contributed by atoms with Crippen LogP contribution in [0, 0.1) is 18.8 Å². The maximum atomic E-state index is 4.44. The van der Waals surface area contributed by atoms with Gasteiger partial charge in [-0.3, -0.25) is 9.98 Å². The van der Waals surface area contributed by atoms with Crippen LogP contribution in [-0.4, -0.2) is 43.0 Å². The van der Waals surface area contributed by atoms with Crippen LogP contribution in [0.3, 0.4) is 0 Å². The van der Waals surface area contributed by atoms with Crippen LogP contribution in [0.2, 0.25) is 0 Å². The van der Waals surface area contributed by atoms with Crippen LogP contribution in [0.25, 0.3) is 0 Å². The second-order valence-corrected chi connectivity index (χ2v) is 7.03. The smallest absolute Gasteiger partial charge is 0.193 e. The van der Waals surface area contributed by atoms with Gasteiger partial charge in [0.1, 0.15) is 0 Å². The second-order valence-electron chi connectivity index (χ2n) is 7.03. The van der Waals surface area contributed by atoms with Crippen molar-refractivity contribution in [2.75, 3.05) is 27.2 Å². The van der Waals surface area contributed by atoms with Crippen LogP contribution in [0.4, 0.5) is 0 Å². The molecule has 0 amide bonds. The van der Waals surface area contributed by atoms with Crippen LogP contribution < -0.4 is 5.32 Å². The van der Waals surface area contributed by atoms with E-state index >= 15 is 0 Å². The third kappa shape index (κ3) is 5.52. The molecule has 4 heteroatoms. The molecule has 1 aromatic heterocycles. The second kappa shape index (κ2) is 8.90. The maximum absolute atomic E-state index is 4.44. The predicted molar refractivity (Wildman–Crippen MR) is 97.8 cm³/mol. The number of aromatic nitrogens is 1. The van der Waals surface area contributed by atoms with Crippen molar-refractivity contribution >= 4 is 5.96 Å². The predicted octanol–water partition coefficient (Wildman–Crippen LogP) is 3.27. The summed E-state index contributed by atoms with van der Waals surface area (Å²) in [6, 6.07) is 2.10. The lowest BCUT2D eigenvalue weighted by molar-refractivity contribution is 0.250. The summed E-state index contributed by atoms with van der Waals surface area (Å²) in [4.78, 5) is 10.9. The van der Waals surface area contributed by atoms with Crippen molar-refractivity contribution in [3.8, 4) is 0 Å². The monoisotopic (exact) mass is 316 g/mol. The van der Waals surface area contributed by atoms with Crippen LogP contribution in [-0.2, 0) is 6.42 Å². The first-order valence-electron chi connectivity index (χ1n) is 8.91. The summed E-state index contributed by atoms with van der Waals surface area (Å²) in [7, 11) is 4.03. The van der Waals surface area contributed by atoms with E-state index in [0.717, 1.165) is 37.3 Å². The molecule has 23 heavy (non-hydrogen) atoms. The highest BCUT2D eigenvalue weighted by molar-refractivity contribution is 5.79. The molecule has 1 aliphatic carbocycles. The Hall–Kier alpha value is -1.58. The molecule has 128 valence electrons. The van der Waals surface area contributed by atoms with Gasteiger partial charge in [-0.15, -0.1) is 0 Å². The number of nitrogens with one attached hydrogen (secondary N) is 1. The molecule has 0 unspecified atom stereocenters. The van der Waals surface area contributed by atoms with E-state index in [9.17, 15) is 0 Å². The molecular formula is C19H32N4. The van der Waals surface area contributed by atoms with Gasteiger partial charge in [0.2, 0.25) is 0 Å². The lowest BCUT2D eigenvalue weighted by Gasteiger charge is -2.31. The number of aryl methyl sites for hydroxylation is 1. The number of hydrogen-bond acceptors (Lipinski definition) is 2. The molecule has 0 bridgehead atoms. The van der Waals surface area contributed by atoms with Crippen LogP contribution in [0.15, 0.2) is 23.5 Å². The molecule has 1 N–H and O–H groups in total. The molecule has 1 saturated carbocycles. The summed E-state index contributed by atoms with van der Waals surface area (Å²) in [6.07, 6.45) is 10.3. The van der Waals surface area contributed by atoms with Gasteiger partial charge in [0.15, 0.2) is 5.96 Å². The van der Waals surface area contributed by atoms with Crippen LogP contribution in [0.5, 0.6) is 0 Å². The van der Waals surface area contributed by atoms with Crippen molar-refractivity contribution in [2.45, 2.75) is 46.0 Å². The lowest BCUT2D eigenvalue weighted by atomic mass is 9.83. The van der Waals surface area contributed by atoms with Gasteiger partial charge in [0.25, 0.3) is 0 Å². The molecule has 0 saturated heterocycles. The maximum Gasteiger partial charge on any atom is 0.193 e. The Balaban J connectivity index is 1.77. The van der Waals surface area contributed by atoms with E-state index in [4.69, 9.17) is 0 Å². The summed E-state index contributed by atoms with van der Waals surface area (Å²) >= 11 is 0. The summed E-state index contributed by atoms with van der Waals surface area (Å²) in [5, 5.41) is 3.50. The van der Waals surface area contributed by atoms with Gasteiger partial charge >= 0.3 is 0 Å². The third-order valence-electron chi connectivity index (χ3n) is 5.05. The number of guanidine groups is 1. The fourth-order valence-corrected chi connectivity index (χ4v) is 3.46. The highest BCUT2D eigenvalue weighted by Crippen LogP contribution is 2.28. The number of aliphatic imine (C=N–C) groups is 1. The van der Waals surface area contributed by atoms with Gasteiger partial charge in [0, 0.05) is 39.6 Å². The molecule has 1 fully saturated rings. The zero-order valence-corrected chi connectivity index (χ0v) is 15.2. The SMILES string of the molecule is CN=C(NCCc1ccncc1C)N(C)CC1CCC(C)CC1. The van der Waals surface area contributed by atoms with E-state index in [1.807, 2.05) is 19.4 Å². The molecule has 0 radical (unpaired) electrons. The first kappa shape index (κ1) is 17.8. The average molecular weight is 316 g/mol. The first-order valence-corrected chi connectivity index (χ1v) is 8.91. The fraction of sp³-hybridized carbons (Fsp3) is 0.684. The molecular weight excluding hydrogens is 284 g/mol. The highest BCUT2D eigenvalue weighted by Gasteiger charge is 2.20. The minimum atomic E-state index is 0.817. The molecule has 1 heterocycles. The van der Waals surface area contributed by atoms with Gasteiger partial charge in [-0.25, -0.2) is 0 Å². The van der Waals surface area contributed by atoms with E-state index < -0.39 is 0 Å². The zero-order valence-electron chi connectivity index (χ0n) is 15.2. The Bertz CT molecular complexity index is 504. The van der Waals surface area contributed by atoms with Crippen LogP contribution in [0.1, 0.15) is 43.7 Å². The summed E-state index contributed by atoms with van der Waals surface area (Å²) in [6.45, 7) is 6.51. The zero-order chi connectivity index (χ0) is 16.7. The van der Waals surface area contributed by atoms with Gasteiger partial charge in [-0.2, -0.15) is 0 Å². The van der Waals surface area contributed by atoms with E-state index in [1.165, 1.54) is 36.8 Å². The van der Waals surface area contributed by atoms with E-state index in [-0.39, 0.29) is 0 Å². The fourth-order valence-electron chi connectivity index (χ4n) is 3.46. The third-order valence-corrected chi connectivity index (χ3v) is 5.05. The summed E-state index contributed by atoms with van der Waals surface area (Å²) < 4.78 is 0. The topological polar surface area (TPSA) is 40.5 Å². The number of nitrogens with zero attached hydrogens (tertiary/aromatic N) is 3. The van der Waals surface area contributed by atoms with E-state index in [2.05, 4.69) is 47.2 Å². The molecule has 0 atom stereocenters. The molecule has 0 spiro atoms. The Morgan fingerprint density at radius 3 is 2.74 bits per heavy atom. The highest BCUT2D eigenvalue weighted by atomic mass is 15.3. The Morgan fingerprint density at radius 2 is 2.09 bits per heavy atom. The Labute approximate surface area is 141 Å². The first-order chi connectivity index (χ1) is 11.1. The van der Waals surface area contributed by atoms with Crippen molar-refractivity contribution < 1.29 is 0 Å². The van der Waals surface area contributed by atoms with E-state index in [0.29, 0.717) is 0 Å². The van der Waals surface area contributed by atoms with Crippen LogP contribution >= 0.6 is 0 Å². The summed E-state index contributed by atoms with van der Waals surface area (Å²) in [5.41, 5.74) is 2.61. The number of rotatable bonds is 5. The molecule has 0 aliphatic heterocycles. The van der Waals surface area contributed by atoms with Crippen molar-refractivity contribution in [1.29, 1.82) is 0 Å².